The van der Waals surface area contributed by atoms with E-state index in [9.17, 15) is 9.59 Å². The highest BCUT2D eigenvalue weighted by Crippen LogP contribution is 2.26. The van der Waals surface area contributed by atoms with Gasteiger partial charge in [-0.05, 0) is 42.8 Å². The summed E-state index contributed by atoms with van der Waals surface area (Å²) < 4.78 is 0. The number of hydrogen-bond donors (Lipinski definition) is 0. The van der Waals surface area contributed by atoms with Gasteiger partial charge in [0.1, 0.15) is 0 Å². The van der Waals surface area contributed by atoms with Gasteiger partial charge in [0.05, 0.1) is 0 Å². The van der Waals surface area contributed by atoms with Gasteiger partial charge in [-0.25, -0.2) is 0 Å². The Hall–Kier alpha value is -1.29. The molecule has 4 heteroatoms. The van der Waals surface area contributed by atoms with Gasteiger partial charge in [-0.1, -0.05) is 19.4 Å². The number of carbonyl (C=O) groups excluding carboxylic acids is 2. The Bertz CT molecular complexity index is 455. The zero-order chi connectivity index (χ0) is 13.7. The fourth-order valence-electron chi connectivity index (χ4n) is 1.57. The van der Waals surface area contributed by atoms with Gasteiger partial charge < -0.3 is 4.90 Å². The Morgan fingerprint density at radius 1 is 1.28 bits per heavy atom. The summed E-state index contributed by atoms with van der Waals surface area (Å²) in [7, 11) is 3.41. The van der Waals surface area contributed by atoms with Crippen LogP contribution in [0.5, 0.6) is 0 Å². The first-order chi connectivity index (χ1) is 8.45. The van der Waals surface area contributed by atoms with Crippen molar-refractivity contribution < 1.29 is 9.59 Å². The van der Waals surface area contributed by atoms with Crippen LogP contribution in [-0.4, -0.2) is 30.0 Å². The van der Waals surface area contributed by atoms with Crippen LogP contribution < -0.4 is 0 Å². The number of nitrogens with zero attached hydrogens (tertiary/aromatic N) is 1. The van der Waals surface area contributed by atoms with Crippen LogP contribution in [0.2, 0.25) is 0 Å². The largest absolute Gasteiger partial charge is 0.339 e. The van der Waals surface area contributed by atoms with Crippen molar-refractivity contribution in [2.24, 2.45) is 0 Å². The van der Waals surface area contributed by atoms with E-state index in [-0.39, 0.29) is 11.0 Å². The quantitative estimate of drug-likeness (QED) is 0.616. The zero-order valence-electron chi connectivity index (χ0n) is 11.3. The molecule has 0 atom stereocenters. The third-order valence-corrected chi connectivity index (χ3v) is 3.64. The van der Waals surface area contributed by atoms with Crippen LogP contribution in [0, 0.1) is 0 Å². The number of carbonyl (C=O) groups is 2. The molecule has 0 aliphatic carbocycles. The molecule has 0 saturated carbocycles. The van der Waals surface area contributed by atoms with E-state index in [0.29, 0.717) is 5.56 Å². The molecule has 18 heavy (non-hydrogen) atoms. The van der Waals surface area contributed by atoms with Gasteiger partial charge in [0.25, 0.3) is 5.24 Å². The van der Waals surface area contributed by atoms with Crippen LogP contribution in [0.1, 0.15) is 36.2 Å². The van der Waals surface area contributed by atoms with Crippen LogP contribution in [0.25, 0.3) is 0 Å². The van der Waals surface area contributed by atoms with Crippen molar-refractivity contribution in [3.05, 3.63) is 29.3 Å². The molecular weight excluding hydrogens is 246 g/mol. The number of hydrogen-bond acceptors (Lipinski definition) is 3. The molecule has 0 radical (unpaired) electrons. The molecule has 1 rings (SSSR count). The molecule has 0 fully saturated rings. The van der Waals surface area contributed by atoms with E-state index < -0.39 is 0 Å². The minimum absolute atomic E-state index is 0.00186. The molecule has 98 valence electrons. The highest BCUT2D eigenvalue weighted by atomic mass is 32.2. The molecule has 0 heterocycles. The van der Waals surface area contributed by atoms with Crippen molar-refractivity contribution in [1.82, 2.24) is 4.90 Å². The number of thioether (sulfide) groups is 1. The summed E-state index contributed by atoms with van der Waals surface area (Å²) in [5.74, 6) is 0.00186. The lowest BCUT2D eigenvalue weighted by Gasteiger charge is -2.12. The molecule has 0 aliphatic heterocycles. The maximum atomic E-state index is 11.7. The maximum Gasteiger partial charge on any atom is 0.285 e. The predicted octanol–water partition coefficient (Wildman–Crippen LogP) is 3.62. The van der Waals surface area contributed by atoms with Crippen molar-refractivity contribution in [2.75, 3.05) is 14.1 Å². The van der Waals surface area contributed by atoms with Crippen molar-refractivity contribution >= 4 is 22.8 Å². The summed E-state index contributed by atoms with van der Waals surface area (Å²) in [6.45, 7) is 3.64. The molecule has 0 aromatic heterocycles. The second-order valence-electron chi connectivity index (χ2n) is 4.40. The molecule has 1 amide bonds. The van der Waals surface area contributed by atoms with E-state index in [0.717, 1.165) is 35.1 Å². The number of benzene rings is 1. The molecule has 0 spiro atoms. The van der Waals surface area contributed by atoms with Gasteiger partial charge in [0.2, 0.25) is 0 Å². The van der Waals surface area contributed by atoms with Crippen LogP contribution in [0.4, 0.5) is 4.79 Å². The Kier molecular flexibility index (Phi) is 5.41. The molecule has 1 aromatic carbocycles. The lowest BCUT2D eigenvalue weighted by atomic mass is 10.0. The van der Waals surface area contributed by atoms with Crippen LogP contribution in [0.15, 0.2) is 23.1 Å². The van der Waals surface area contributed by atoms with Gasteiger partial charge in [-0.2, -0.15) is 0 Å². The second-order valence-corrected chi connectivity index (χ2v) is 5.39. The van der Waals surface area contributed by atoms with Crippen molar-refractivity contribution in [2.45, 2.75) is 31.6 Å². The first-order valence-corrected chi connectivity index (χ1v) is 6.80. The topological polar surface area (TPSA) is 37.4 Å². The van der Waals surface area contributed by atoms with Crippen molar-refractivity contribution in [1.29, 1.82) is 0 Å². The Morgan fingerprint density at radius 2 is 1.94 bits per heavy atom. The number of rotatable bonds is 4. The smallest absolute Gasteiger partial charge is 0.285 e. The Morgan fingerprint density at radius 3 is 2.44 bits per heavy atom. The lowest BCUT2D eigenvalue weighted by molar-refractivity contribution is 0.101. The second kappa shape index (κ2) is 6.59. The third-order valence-electron chi connectivity index (χ3n) is 2.52. The molecule has 0 bridgehead atoms. The lowest BCUT2D eigenvalue weighted by Crippen LogP contribution is -2.16. The number of amides is 1. The molecule has 1 aromatic rings. The van der Waals surface area contributed by atoms with Crippen molar-refractivity contribution in [3.8, 4) is 0 Å². The SMILES string of the molecule is CCCc1ccc(SC(=O)N(C)C)c(C(C)=O)c1. The van der Waals surface area contributed by atoms with Crippen LogP contribution >= 0.6 is 11.8 Å². The zero-order valence-corrected chi connectivity index (χ0v) is 12.1. The molecule has 0 N–H and O–H groups in total. The fourth-order valence-corrected chi connectivity index (χ4v) is 2.39. The predicted molar refractivity (Wildman–Crippen MR) is 75.4 cm³/mol. The van der Waals surface area contributed by atoms with Crippen molar-refractivity contribution in [3.63, 3.8) is 0 Å². The van der Waals surface area contributed by atoms with E-state index in [1.165, 1.54) is 11.8 Å². The number of aryl methyl sites for hydroxylation is 1. The summed E-state index contributed by atoms with van der Waals surface area (Å²) in [4.78, 5) is 25.6. The summed E-state index contributed by atoms with van der Waals surface area (Å²) in [5.41, 5.74) is 1.78. The average molecular weight is 265 g/mol. The number of ketones is 1. The summed E-state index contributed by atoms with van der Waals surface area (Å²) in [5, 5.41) is -0.0688. The van der Waals surface area contributed by atoms with E-state index in [4.69, 9.17) is 0 Å². The summed E-state index contributed by atoms with van der Waals surface area (Å²) in [6, 6.07) is 5.76. The van der Waals surface area contributed by atoms with Gasteiger partial charge >= 0.3 is 0 Å². The van der Waals surface area contributed by atoms with Crippen LogP contribution in [0.3, 0.4) is 0 Å². The average Bonchev–Trinajstić information content (AvgIpc) is 2.30. The van der Waals surface area contributed by atoms with Gasteiger partial charge in [-0.15, -0.1) is 0 Å². The van der Waals surface area contributed by atoms with Crippen LogP contribution in [-0.2, 0) is 6.42 Å². The molecule has 0 saturated heterocycles. The highest BCUT2D eigenvalue weighted by Gasteiger charge is 2.13. The monoisotopic (exact) mass is 265 g/mol. The standard InChI is InChI=1S/C14H19NO2S/c1-5-6-11-7-8-13(12(9-11)10(2)16)18-14(17)15(3)4/h7-9H,5-6H2,1-4H3. The van der Waals surface area contributed by atoms with Gasteiger partial charge in [0, 0.05) is 24.6 Å². The highest BCUT2D eigenvalue weighted by molar-refractivity contribution is 8.13. The molecule has 0 unspecified atom stereocenters. The van der Waals surface area contributed by atoms with E-state index >= 15 is 0 Å². The van der Waals surface area contributed by atoms with E-state index in [2.05, 4.69) is 6.92 Å². The molecular formula is C14H19NO2S. The summed E-state index contributed by atoms with van der Waals surface area (Å²) in [6.07, 6.45) is 1.99. The Labute approximate surface area is 113 Å². The van der Waals surface area contributed by atoms with Gasteiger partial charge in [-0.3, -0.25) is 9.59 Å². The third kappa shape index (κ3) is 3.88. The first kappa shape index (κ1) is 14.8. The normalized spacial score (nSPS) is 10.2. The van der Waals surface area contributed by atoms with E-state index in [1.54, 1.807) is 14.1 Å². The summed E-state index contributed by atoms with van der Waals surface area (Å²) >= 11 is 1.10. The fraction of sp³-hybridized carbons (Fsp3) is 0.429. The van der Waals surface area contributed by atoms with E-state index in [1.807, 2.05) is 18.2 Å². The Balaban J connectivity index is 3.04. The maximum absolute atomic E-state index is 11.7. The molecule has 0 aliphatic rings. The minimum atomic E-state index is -0.0688. The number of Topliss-reactive ketones (excluding diaryl/α,β-unsaturated/α-hetero) is 1. The molecule has 3 nitrogen and oxygen atoms in total. The minimum Gasteiger partial charge on any atom is -0.339 e. The first-order valence-electron chi connectivity index (χ1n) is 5.98. The van der Waals surface area contributed by atoms with Gasteiger partial charge in [0.15, 0.2) is 5.78 Å².